The van der Waals surface area contributed by atoms with E-state index in [0.29, 0.717) is 34.1 Å². The summed E-state index contributed by atoms with van der Waals surface area (Å²) in [7, 11) is 4.56. The Morgan fingerprint density at radius 2 is 1.90 bits per heavy atom. The number of aromatic nitrogens is 2. The average Bonchev–Trinajstić information content (AvgIpc) is 3.24. The maximum Gasteiger partial charge on any atom is 0.289 e. The number of methoxy groups -OCH3 is 3. The number of benzene rings is 2. The normalized spacial score (nSPS) is 10.7. The van der Waals surface area contributed by atoms with Crippen LogP contribution in [0, 0.1) is 0 Å². The van der Waals surface area contributed by atoms with Gasteiger partial charge in [0.25, 0.3) is 5.91 Å². The van der Waals surface area contributed by atoms with E-state index in [1.807, 2.05) is 0 Å². The van der Waals surface area contributed by atoms with Crippen LogP contribution in [0.4, 0.5) is 0 Å². The van der Waals surface area contributed by atoms with Crippen molar-refractivity contribution in [2.45, 2.75) is 0 Å². The molecule has 3 rings (SSSR count). The van der Waals surface area contributed by atoms with Gasteiger partial charge < -0.3 is 19.3 Å². The van der Waals surface area contributed by atoms with Crippen molar-refractivity contribution in [2.75, 3.05) is 21.3 Å². The molecule has 29 heavy (non-hydrogen) atoms. The molecule has 9 nitrogen and oxygen atoms in total. The minimum Gasteiger partial charge on any atom is -0.504 e. The van der Waals surface area contributed by atoms with Gasteiger partial charge in [0, 0.05) is 11.1 Å². The van der Waals surface area contributed by atoms with E-state index in [0.717, 1.165) is 0 Å². The molecule has 0 saturated carbocycles. The van der Waals surface area contributed by atoms with E-state index in [1.165, 1.54) is 13.3 Å². The van der Waals surface area contributed by atoms with Crippen LogP contribution in [0.2, 0.25) is 0 Å². The summed E-state index contributed by atoms with van der Waals surface area (Å²) < 4.78 is 15.6. The predicted molar refractivity (Wildman–Crippen MR) is 107 cm³/mol. The van der Waals surface area contributed by atoms with Crippen molar-refractivity contribution in [3.63, 3.8) is 0 Å². The maximum absolute atomic E-state index is 12.3. The highest BCUT2D eigenvalue weighted by Gasteiger charge is 2.15. The van der Waals surface area contributed by atoms with Gasteiger partial charge in [-0.2, -0.15) is 10.2 Å². The zero-order valence-corrected chi connectivity index (χ0v) is 16.1. The molecular weight excluding hydrogens is 376 g/mol. The first-order valence-electron chi connectivity index (χ1n) is 8.54. The topological polar surface area (TPSA) is 118 Å². The summed E-state index contributed by atoms with van der Waals surface area (Å²) >= 11 is 0. The van der Waals surface area contributed by atoms with Crippen molar-refractivity contribution < 1.29 is 24.1 Å². The number of phenolic OH excluding ortho intramolecular Hbond substituents is 1. The molecule has 0 fully saturated rings. The Hall–Kier alpha value is -4.01. The third-order valence-corrected chi connectivity index (χ3v) is 4.12. The van der Waals surface area contributed by atoms with Gasteiger partial charge in [0.05, 0.1) is 33.2 Å². The molecule has 0 bridgehead atoms. The lowest BCUT2D eigenvalue weighted by Crippen LogP contribution is -2.18. The quantitative estimate of drug-likeness (QED) is 0.417. The Morgan fingerprint density at radius 1 is 1.10 bits per heavy atom. The fourth-order valence-electron chi connectivity index (χ4n) is 2.62. The number of aromatic hydroxyl groups is 1. The van der Waals surface area contributed by atoms with Crippen LogP contribution in [0.5, 0.6) is 23.0 Å². The van der Waals surface area contributed by atoms with Crippen molar-refractivity contribution in [1.82, 2.24) is 15.6 Å². The van der Waals surface area contributed by atoms with Gasteiger partial charge >= 0.3 is 0 Å². The molecule has 1 aromatic heterocycles. The monoisotopic (exact) mass is 396 g/mol. The molecule has 0 atom stereocenters. The van der Waals surface area contributed by atoms with Crippen molar-refractivity contribution in [3.05, 3.63) is 53.7 Å². The van der Waals surface area contributed by atoms with Gasteiger partial charge in [-0.3, -0.25) is 9.89 Å². The molecule has 2 aromatic carbocycles. The number of phenols is 1. The molecule has 0 saturated heterocycles. The molecule has 150 valence electrons. The summed E-state index contributed by atoms with van der Waals surface area (Å²) in [6.07, 6.45) is 1.32. The van der Waals surface area contributed by atoms with E-state index in [2.05, 4.69) is 20.7 Å². The number of carbonyl (C=O) groups is 1. The molecule has 0 radical (unpaired) electrons. The van der Waals surface area contributed by atoms with Crippen LogP contribution in [0.1, 0.15) is 16.1 Å². The number of hydrogen-bond acceptors (Lipinski definition) is 7. The van der Waals surface area contributed by atoms with Crippen LogP contribution in [-0.4, -0.2) is 48.8 Å². The smallest absolute Gasteiger partial charge is 0.289 e. The molecule has 1 heterocycles. The van der Waals surface area contributed by atoms with Gasteiger partial charge in [-0.05, 0) is 36.4 Å². The van der Waals surface area contributed by atoms with E-state index >= 15 is 0 Å². The number of carbonyl (C=O) groups excluding carboxylic acids is 1. The summed E-state index contributed by atoms with van der Waals surface area (Å²) in [5.74, 6) is 0.977. The van der Waals surface area contributed by atoms with Gasteiger partial charge in [-0.1, -0.05) is 6.07 Å². The first-order chi connectivity index (χ1) is 14.1. The maximum atomic E-state index is 12.3. The minimum absolute atomic E-state index is 0.0676. The largest absolute Gasteiger partial charge is 0.504 e. The van der Waals surface area contributed by atoms with Crippen LogP contribution in [0.15, 0.2) is 47.6 Å². The van der Waals surface area contributed by atoms with Crippen LogP contribution < -0.4 is 19.6 Å². The SMILES string of the molecule is COc1ccc(OC)c(-c2cc(C(=O)NN=Cc3cccc(OC)c3O)[nH]n2)c1. The van der Waals surface area contributed by atoms with Crippen LogP contribution in [0.25, 0.3) is 11.3 Å². The van der Waals surface area contributed by atoms with E-state index in [-0.39, 0.29) is 11.4 Å². The number of hydrazone groups is 1. The first kappa shape index (κ1) is 19.7. The molecule has 0 aliphatic heterocycles. The molecule has 3 N–H and O–H groups in total. The molecule has 0 aliphatic rings. The number of para-hydroxylation sites is 1. The number of nitrogens with zero attached hydrogens (tertiary/aromatic N) is 2. The zero-order chi connectivity index (χ0) is 20.8. The number of hydrogen-bond donors (Lipinski definition) is 3. The lowest BCUT2D eigenvalue weighted by molar-refractivity contribution is 0.0950. The minimum atomic E-state index is -0.496. The van der Waals surface area contributed by atoms with Gasteiger partial charge in [0.1, 0.15) is 17.2 Å². The fraction of sp³-hybridized carbons (Fsp3) is 0.150. The number of H-pyrrole nitrogens is 1. The molecular formula is C20H20N4O5. The zero-order valence-electron chi connectivity index (χ0n) is 16.1. The molecule has 9 heteroatoms. The molecule has 3 aromatic rings. The Morgan fingerprint density at radius 3 is 2.62 bits per heavy atom. The Labute approximate surface area is 166 Å². The van der Waals surface area contributed by atoms with E-state index in [1.54, 1.807) is 56.7 Å². The second-order valence-corrected chi connectivity index (χ2v) is 5.83. The summed E-state index contributed by atoms with van der Waals surface area (Å²) in [5.41, 5.74) is 4.17. The first-order valence-corrected chi connectivity index (χ1v) is 8.54. The molecule has 0 aliphatic carbocycles. The second-order valence-electron chi connectivity index (χ2n) is 5.83. The number of nitrogens with one attached hydrogen (secondary N) is 2. The van der Waals surface area contributed by atoms with E-state index in [4.69, 9.17) is 14.2 Å². The average molecular weight is 396 g/mol. The lowest BCUT2D eigenvalue weighted by atomic mass is 10.1. The van der Waals surface area contributed by atoms with E-state index in [9.17, 15) is 9.90 Å². The highest BCUT2D eigenvalue weighted by Crippen LogP contribution is 2.32. The lowest BCUT2D eigenvalue weighted by Gasteiger charge is -2.08. The highest BCUT2D eigenvalue weighted by molar-refractivity contribution is 5.94. The van der Waals surface area contributed by atoms with Crippen LogP contribution >= 0.6 is 0 Å². The van der Waals surface area contributed by atoms with Crippen molar-refractivity contribution in [2.24, 2.45) is 5.10 Å². The fourth-order valence-corrected chi connectivity index (χ4v) is 2.62. The summed E-state index contributed by atoms with van der Waals surface area (Å²) in [5, 5.41) is 20.7. The van der Waals surface area contributed by atoms with Gasteiger partial charge in [0.15, 0.2) is 11.5 Å². The number of rotatable bonds is 7. The Kier molecular flexibility index (Phi) is 5.98. The third-order valence-electron chi connectivity index (χ3n) is 4.12. The summed E-state index contributed by atoms with van der Waals surface area (Å²) in [6, 6.07) is 11.8. The number of aromatic amines is 1. The Balaban J connectivity index is 1.75. The van der Waals surface area contributed by atoms with Crippen LogP contribution in [-0.2, 0) is 0 Å². The van der Waals surface area contributed by atoms with Gasteiger partial charge in [-0.25, -0.2) is 5.43 Å². The summed E-state index contributed by atoms with van der Waals surface area (Å²) in [6.45, 7) is 0. The highest BCUT2D eigenvalue weighted by atomic mass is 16.5. The van der Waals surface area contributed by atoms with E-state index < -0.39 is 5.91 Å². The van der Waals surface area contributed by atoms with Gasteiger partial charge in [0.2, 0.25) is 0 Å². The molecule has 0 unspecified atom stereocenters. The molecule has 0 spiro atoms. The summed E-state index contributed by atoms with van der Waals surface area (Å²) in [4.78, 5) is 12.3. The second kappa shape index (κ2) is 8.79. The third kappa shape index (κ3) is 4.29. The van der Waals surface area contributed by atoms with Crippen molar-refractivity contribution in [3.8, 4) is 34.3 Å². The van der Waals surface area contributed by atoms with Crippen molar-refractivity contribution >= 4 is 12.1 Å². The number of amides is 1. The standard InChI is InChI=1S/C20H20N4O5/c1-27-13-7-8-17(28-2)14(9-13)15-10-16(23-22-15)20(26)24-21-11-12-5-4-6-18(29-3)19(12)25/h4-11,25H,1-3H3,(H,22,23)(H,24,26). The Bertz CT molecular complexity index is 1050. The predicted octanol–water partition coefficient (Wildman–Crippen LogP) is 2.57. The van der Waals surface area contributed by atoms with Crippen LogP contribution in [0.3, 0.4) is 0 Å². The van der Waals surface area contributed by atoms with Crippen molar-refractivity contribution in [1.29, 1.82) is 0 Å². The molecule has 1 amide bonds. The number of ether oxygens (including phenoxy) is 3. The van der Waals surface area contributed by atoms with Gasteiger partial charge in [-0.15, -0.1) is 0 Å².